The van der Waals surface area contributed by atoms with Crippen molar-refractivity contribution in [3.05, 3.63) is 0 Å². The molecule has 0 bridgehead atoms. The third-order valence-electron chi connectivity index (χ3n) is 1.42. The Balaban J connectivity index is 3.52. The van der Waals surface area contributed by atoms with Gasteiger partial charge >= 0.3 is 0 Å². The fraction of sp³-hybridized carbons (Fsp3) is 0.857. The van der Waals surface area contributed by atoms with Crippen molar-refractivity contribution in [1.29, 1.82) is 0 Å². The molecular formula is C7H16N2O4S. The van der Waals surface area contributed by atoms with E-state index in [-0.39, 0.29) is 31.4 Å². The second-order valence-corrected chi connectivity index (χ2v) is 4.68. The van der Waals surface area contributed by atoms with Gasteiger partial charge in [-0.3, -0.25) is 4.79 Å². The maximum Gasteiger partial charge on any atom is 0.246 e. The molecule has 0 heterocycles. The Kier molecular flexibility index (Phi) is 6.43. The van der Waals surface area contributed by atoms with Gasteiger partial charge in [-0.05, 0) is 6.92 Å². The number of rotatable bonds is 7. The van der Waals surface area contributed by atoms with Gasteiger partial charge in [0.1, 0.15) is 6.61 Å². The molecule has 0 aromatic heterocycles. The zero-order chi connectivity index (χ0) is 11.0. The Morgan fingerprint density at radius 1 is 1.36 bits per heavy atom. The van der Waals surface area contributed by atoms with Crippen LogP contribution in [-0.2, 0) is 19.6 Å². The van der Waals surface area contributed by atoms with Crippen molar-refractivity contribution >= 4 is 15.9 Å². The molecule has 0 aromatic carbocycles. The lowest BCUT2D eigenvalue weighted by atomic mass is 10.6. The number of hydrogen-bond donors (Lipinski definition) is 2. The van der Waals surface area contributed by atoms with Gasteiger partial charge in [0, 0.05) is 20.2 Å². The molecule has 0 aliphatic carbocycles. The molecule has 0 rings (SSSR count). The standard InChI is InChI=1S/C7H16N2O4S/c1-3-14(11,12)9-5-4-8-7(10)6-13-2/h9H,3-6H2,1-2H3,(H,8,10). The lowest BCUT2D eigenvalue weighted by Crippen LogP contribution is -2.36. The Bertz CT molecular complexity index is 263. The van der Waals surface area contributed by atoms with E-state index >= 15 is 0 Å². The van der Waals surface area contributed by atoms with Gasteiger partial charge in [-0.1, -0.05) is 0 Å². The Labute approximate surface area is 84.1 Å². The van der Waals surface area contributed by atoms with Crippen LogP contribution in [0.15, 0.2) is 0 Å². The third kappa shape index (κ3) is 6.81. The number of carbonyl (C=O) groups is 1. The summed E-state index contributed by atoms with van der Waals surface area (Å²) in [5, 5.41) is 2.49. The van der Waals surface area contributed by atoms with E-state index in [9.17, 15) is 13.2 Å². The van der Waals surface area contributed by atoms with Crippen LogP contribution >= 0.6 is 0 Å². The van der Waals surface area contributed by atoms with E-state index in [1.807, 2.05) is 0 Å². The molecule has 0 aliphatic heterocycles. The van der Waals surface area contributed by atoms with Crippen LogP contribution in [0.1, 0.15) is 6.92 Å². The van der Waals surface area contributed by atoms with Gasteiger partial charge in [0.05, 0.1) is 5.75 Å². The summed E-state index contributed by atoms with van der Waals surface area (Å²) in [7, 11) is -1.75. The lowest BCUT2D eigenvalue weighted by molar-refractivity contribution is -0.124. The average molecular weight is 224 g/mol. The van der Waals surface area contributed by atoms with Crippen molar-refractivity contribution in [3.63, 3.8) is 0 Å². The van der Waals surface area contributed by atoms with Crippen molar-refractivity contribution < 1.29 is 17.9 Å². The number of nitrogens with one attached hydrogen (secondary N) is 2. The normalized spacial score (nSPS) is 11.3. The number of ether oxygens (including phenoxy) is 1. The molecule has 0 saturated heterocycles. The van der Waals surface area contributed by atoms with E-state index in [0.717, 1.165) is 0 Å². The first-order chi connectivity index (χ1) is 6.52. The molecule has 1 amide bonds. The molecule has 0 atom stereocenters. The number of methoxy groups -OCH3 is 1. The smallest absolute Gasteiger partial charge is 0.246 e. The Morgan fingerprint density at radius 2 is 2.00 bits per heavy atom. The molecule has 6 nitrogen and oxygen atoms in total. The van der Waals surface area contributed by atoms with Gasteiger partial charge in [-0.25, -0.2) is 13.1 Å². The van der Waals surface area contributed by atoms with Crippen LogP contribution in [0.3, 0.4) is 0 Å². The zero-order valence-electron chi connectivity index (χ0n) is 8.37. The van der Waals surface area contributed by atoms with Crippen molar-refractivity contribution in [2.45, 2.75) is 6.92 Å². The molecule has 7 heteroatoms. The highest BCUT2D eigenvalue weighted by atomic mass is 32.2. The Morgan fingerprint density at radius 3 is 2.50 bits per heavy atom. The van der Waals surface area contributed by atoms with Crippen LogP contribution in [-0.4, -0.2) is 46.9 Å². The molecule has 0 fully saturated rings. The summed E-state index contributed by atoms with van der Waals surface area (Å²) >= 11 is 0. The van der Waals surface area contributed by atoms with Gasteiger partial charge in [-0.2, -0.15) is 0 Å². The summed E-state index contributed by atoms with van der Waals surface area (Å²) in [6, 6.07) is 0. The highest BCUT2D eigenvalue weighted by Crippen LogP contribution is 1.79. The highest BCUT2D eigenvalue weighted by Gasteiger charge is 2.05. The van der Waals surface area contributed by atoms with Gasteiger partial charge in [0.25, 0.3) is 0 Å². The van der Waals surface area contributed by atoms with Crippen LogP contribution < -0.4 is 10.0 Å². The zero-order valence-corrected chi connectivity index (χ0v) is 9.19. The highest BCUT2D eigenvalue weighted by molar-refractivity contribution is 7.89. The largest absolute Gasteiger partial charge is 0.375 e. The molecule has 14 heavy (non-hydrogen) atoms. The van der Waals surface area contributed by atoms with E-state index in [1.165, 1.54) is 7.11 Å². The van der Waals surface area contributed by atoms with Crippen LogP contribution in [0.25, 0.3) is 0 Å². The lowest BCUT2D eigenvalue weighted by Gasteiger charge is -2.05. The summed E-state index contributed by atoms with van der Waals surface area (Å²) in [5.74, 6) is -0.220. The van der Waals surface area contributed by atoms with Crippen LogP contribution in [0.2, 0.25) is 0 Å². The fourth-order valence-corrected chi connectivity index (χ4v) is 1.31. The Hall–Kier alpha value is -0.660. The summed E-state index contributed by atoms with van der Waals surface area (Å²) in [4.78, 5) is 10.8. The van der Waals surface area contributed by atoms with Crippen LogP contribution in [0.5, 0.6) is 0 Å². The number of carbonyl (C=O) groups excluding carboxylic acids is 1. The SMILES string of the molecule is CCS(=O)(=O)NCCNC(=O)COC. The minimum absolute atomic E-state index is 0.0134. The molecular weight excluding hydrogens is 208 g/mol. The second kappa shape index (κ2) is 6.74. The maximum absolute atomic E-state index is 10.9. The van der Waals surface area contributed by atoms with Gasteiger partial charge in [-0.15, -0.1) is 0 Å². The summed E-state index contributed by atoms with van der Waals surface area (Å²) in [5.41, 5.74) is 0. The van der Waals surface area contributed by atoms with Crippen molar-refractivity contribution in [3.8, 4) is 0 Å². The van der Waals surface area contributed by atoms with E-state index in [2.05, 4.69) is 14.8 Å². The first kappa shape index (κ1) is 13.3. The number of amides is 1. The fourth-order valence-electron chi connectivity index (χ4n) is 0.693. The molecule has 84 valence electrons. The van der Waals surface area contributed by atoms with Crippen molar-refractivity contribution in [1.82, 2.24) is 10.0 Å². The second-order valence-electron chi connectivity index (χ2n) is 2.58. The minimum atomic E-state index is -3.16. The van der Waals surface area contributed by atoms with Gasteiger partial charge < -0.3 is 10.1 Å². The summed E-state index contributed by atoms with van der Waals surface area (Å²) in [6.07, 6.45) is 0. The van der Waals surface area contributed by atoms with E-state index in [0.29, 0.717) is 0 Å². The molecule has 0 saturated carbocycles. The molecule has 0 aromatic rings. The van der Waals surface area contributed by atoms with E-state index in [1.54, 1.807) is 6.92 Å². The predicted octanol–water partition coefficient (Wildman–Crippen LogP) is -1.31. The van der Waals surface area contributed by atoms with E-state index in [4.69, 9.17) is 0 Å². The predicted molar refractivity (Wildman–Crippen MR) is 52.3 cm³/mol. The summed E-state index contributed by atoms with van der Waals surface area (Å²) in [6.45, 7) is 2.00. The number of hydrogen-bond acceptors (Lipinski definition) is 4. The van der Waals surface area contributed by atoms with Gasteiger partial charge in [0.2, 0.25) is 15.9 Å². The maximum atomic E-state index is 10.9. The van der Waals surface area contributed by atoms with Gasteiger partial charge in [0.15, 0.2) is 0 Å². The monoisotopic (exact) mass is 224 g/mol. The van der Waals surface area contributed by atoms with Crippen molar-refractivity contribution in [2.75, 3.05) is 32.6 Å². The first-order valence-corrected chi connectivity index (χ1v) is 5.90. The minimum Gasteiger partial charge on any atom is -0.375 e. The summed E-state index contributed by atoms with van der Waals surface area (Å²) < 4.78 is 28.7. The van der Waals surface area contributed by atoms with E-state index < -0.39 is 10.0 Å². The van der Waals surface area contributed by atoms with Crippen molar-refractivity contribution in [2.24, 2.45) is 0 Å². The molecule has 0 spiro atoms. The molecule has 0 unspecified atom stereocenters. The molecule has 2 N–H and O–H groups in total. The first-order valence-electron chi connectivity index (χ1n) is 4.24. The molecule has 0 radical (unpaired) electrons. The van der Waals surface area contributed by atoms with Crippen LogP contribution in [0.4, 0.5) is 0 Å². The molecule has 0 aliphatic rings. The third-order valence-corrected chi connectivity index (χ3v) is 2.83. The number of sulfonamides is 1. The topological polar surface area (TPSA) is 84.5 Å². The van der Waals surface area contributed by atoms with Crippen LogP contribution in [0, 0.1) is 0 Å². The average Bonchev–Trinajstić information content (AvgIpc) is 2.13. The quantitative estimate of drug-likeness (QED) is 0.526.